The number of fused-ring (bicyclic) bond motifs is 1. The summed E-state index contributed by atoms with van der Waals surface area (Å²) in [5.74, 6) is -0.151. The largest absolute Gasteiger partial charge is 0.356 e. The summed E-state index contributed by atoms with van der Waals surface area (Å²) in [6, 6.07) is 11.2. The second-order valence-electron chi connectivity index (χ2n) is 6.41. The van der Waals surface area contributed by atoms with Gasteiger partial charge in [-0.15, -0.1) is 0 Å². The number of pyridine rings is 1. The molecule has 4 aromatic rings. The third-order valence-electron chi connectivity index (χ3n) is 4.67. The average Bonchev–Trinajstić information content (AvgIpc) is 3.22. The van der Waals surface area contributed by atoms with Gasteiger partial charge in [0.15, 0.2) is 5.65 Å². The number of amides is 1. The number of aromatic nitrogens is 4. The fourth-order valence-corrected chi connectivity index (χ4v) is 3.22. The van der Waals surface area contributed by atoms with Crippen LogP contribution in [-0.2, 0) is 6.54 Å². The molecule has 27 heavy (non-hydrogen) atoms. The van der Waals surface area contributed by atoms with E-state index in [-0.39, 0.29) is 5.91 Å². The lowest BCUT2D eigenvalue weighted by Crippen LogP contribution is -2.23. The van der Waals surface area contributed by atoms with Crippen molar-refractivity contribution in [2.45, 2.75) is 20.4 Å². The Hall–Kier alpha value is -3.12. The molecule has 0 atom stereocenters. The predicted octanol–water partition coefficient (Wildman–Crippen LogP) is 4.15. The zero-order valence-electron chi connectivity index (χ0n) is 14.9. The summed E-state index contributed by atoms with van der Waals surface area (Å²) in [4.78, 5) is 20.5. The van der Waals surface area contributed by atoms with E-state index in [1.807, 2.05) is 50.2 Å². The molecule has 0 radical (unpaired) electrons. The second-order valence-corrected chi connectivity index (χ2v) is 6.84. The molecule has 136 valence electrons. The van der Waals surface area contributed by atoms with Gasteiger partial charge in [-0.3, -0.25) is 9.89 Å². The van der Waals surface area contributed by atoms with Crippen molar-refractivity contribution in [3.05, 3.63) is 70.0 Å². The van der Waals surface area contributed by atoms with Gasteiger partial charge in [-0.25, -0.2) is 4.98 Å². The van der Waals surface area contributed by atoms with Crippen molar-refractivity contribution in [1.82, 2.24) is 25.5 Å². The highest BCUT2D eigenvalue weighted by molar-refractivity contribution is 6.30. The van der Waals surface area contributed by atoms with Crippen molar-refractivity contribution in [2.75, 3.05) is 0 Å². The number of aromatic amines is 2. The van der Waals surface area contributed by atoms with E-state index in [0.29, 0.717) is 34.2 Å². The molecule has 1 aromatic carbocycles. The van der Waals surface area contributed by atoms with Crippen LogP contribution in [0.3, 0.4) is 0 Å². The van der Waals surface area contributed by atoms with Gasteiger partial charge in [-0.1, -0.05) is 23.7 Å². The van der Waals surface area contributed by atoms with Gasteiger partial charge >= 0.3 is 0 Å². The van der Waals surface area contributed by atoms with Gasteiger partial charge in [-0.05, 0) is 49.2 Å². The van der Waals surface area contributed by atoms with Crippen LogP contribution >= 0.6 is 11.6 Å². The number of nitrogens with zero attached hydrogens (tertiary/aromatic N) is 2. The molecule has 0 fully saturated rings. The molecule has 0 aliphatic rings. The van der Waals surface area contributed by atoms with Gasteiger partial charge in [0.05, 0.1) is 11.3 Å². The van der Waals surface area contributed by atoms with Crippen LogP contribution in [0.25, 0.3) is 22.4 Å². The fourth-order valence-electron chi connectivity index (χ4n) is 3.10. The maximum atomic E-state index is 13.0. The van der Waals surface area contributed by atoms with Crippen molar-refractivity contribution in [2.24, 2.45) is 0 Å². The minimum atomic E-state index is -0.151. The lowest BCUT2D eigenvalue weighted by atomic mass is 10.1. The molecular weight excluding hydrogens is 362 g/mol. The average molecular weight is 380 g/mol. The topological polar surface area (TPSA) is 86.5 Å². The molecule has 0 bridgehead atoms. The molecule has 0 unspecified atom stereocenters. The predicted molar refractivity (Wildman–Crippen MR) is 106 cm³/mol. The van der Waals surface area contributed by atoms with Gasteiger partial charge in [0.1, 0.15) is 5.69 Å². The number of nitrogens with one attached hydrogen (secondary N) is 3. The summed E-state index contributed by atoms with van der Waals surface area (Å²) >= 11 is 5.91. The van der Waals surface area contributed by atoms with Crippen LogP contribution in [0.4, 0.5) is 0 Å². The molecule has 0 aliphatic heterocycles. The number of H-pyrrole nitrogens is 2. The molecule has 6 nitrogen and oxygen atoms in total. The smallest absolute Gasteiger partial charge is 0.254 e. The zero-order chi connectivity index (χ0) is 19.0. The van der Waals surface area contributed by atoms with Crippen LogP contribution < -0.4 is 5.32 Å². The van der Waals surface area contributed by atoms with E-state index in [0.717, 1.165) is 22.2 Å². The Morgan fingerprint density at radius 3 is 2.74 bits per heavy atom. The van der Waals surface area contributed by atoms with Gasteiger partial charge in [0, 0.05) is 28.8 Å². The minimum absolute atomic E-state index is 0.151. The van der Waals surface area contributed by atoms with E-state index in [4.69, 9.17) is 11.6 Å². The second kappa shape index (κ2) is 6.89. The Morgan fingerprint density at radius 1 is 1.19 bits per heavy atom. The minimum Gasteiger partial charge on any atom is -0.356 e. The Bertz CT molecular complexity index is 1130. The summed E-state index contributed by atoms with van der Waals surface area (Å²) in [6.45, 7) is 4.30. The molecule has 0 aliphatic carbocycles. The first-order valence-electron chi connectivity index (χ1n) is 8.56. The zero-order valence-corrected chi connectivity index (χ0v) is 15.7. The molecule has 3 N–H and O–H groups in total. The van der Waals surface area contributed by atoms with Crippen molar-refractivity contribution in [3.8, 4) is 11.4 Å². The van der Waals surface area contributed by atoms with Crippen LogP contribution in [0.1, 0.15) is 27.2 Å². The number of aryl methyl sites for hydroxylation is 1. The molecule has 4 rings (SSSR count). The van der Waals surface area contributed by atoms with Crippen LogP contribution in [-0.4, -0.2) is 26.1 Å². The number of rotatable bonds is 4. The van der Waals surface area contributed by atoms with Crippen LogP contribution in [0.15, 0.2) is 42.6 Å². The number of benzene rings is 1. The standard InChI is InChI=1S/C20H18ClN5O/c1-11-12(2)24-18(17-15-4-3-9-22-19(15)26-25-17)16(11)20(27)23-10-13-5-7-14(21)8-6-13/h3-9,24H,10H2,1-2H3,(H,23,27)(H,22,25,26). The van der Waals surface area contributed by atoms with Crippen LogP contribution in [0.2, 0.25) is 5.02 Å². The van der Waals surface area contributed by atoms with E-state index in [9.17, 15) is 4.79 Å². The van der Waals surface area contributed by atoms with E-state index in [1.165, 1.54) is 0 Å². The van der Waals surface area contributed by atoms with Gasteiger partial charge < -0.3 is 10.3 Å². The summed E-state index contributed by atoms with van der Waals surface area (Å²) in [6.07, 6.45) is 1.70. The first-order chi connectivity index (χ1) is 13.0. The maximum Gasteiger partial charge on any atom is 0.254 e. The number of carbonyl (C=O) groups excluding carboxylic acids is 1. The van der Waals surface area contributed by atoms with Crippen molar-refractivity contribution < 1.29 is 4.79 Å². The Labute approximate surface area is 161 Å². The number of hydrogen-bond donors (Lipinski definition) is 3. The normalized spacial score (nSPS) is 11.1. The van der Waals surface area contributed by atoms with Crippen LogP contribution in [0.5, 0.6) is 0 Å². The summed E-state index contributed by atoms with van der Waals surface area (Å²) in [5, 5.41) is 11.8. The summed E-state index contributed by atoms with van der Waals surface area (Å²) in [5.41, 5.74) is 5.47. The van der Waals surface area contributed by atoms with E-state index in [1.54, 1.807) is 6.20 Å². The monoisotopic (exact) mass is 379 g/mol. The summed E-state index contributed by atoms with van der Waals surface area (Å²) < 4.78 is 0. The highest BCUT2D eigenvalue weighted by Crippen LogP contribution is 2.30. The van der Waals surface area contributed by atoms with E-state index in [2.05, 4.69) is 25.5 Å². The molecular formula is C20H18ClN5O. The fraction of sp³-hybridized carbons (Fsp3) is 0.150. The first kappa shape index (κ1) is 17.3. The van der Waals surface area contributed by atoms with Crippen LogP contribution in [0, 0.1) is 13.8 Å². The molecule has 1 amide bonds. The highest BCUT2D eigenvalue weighted by atomic mass is 35.5. The Morgan fingerprint density at radius 2 is 1.96 bits per heavy atom. The van der Waals surface area contributed by atoms with Crippen molar-refractivity contribution in [1.29, 1.82) is 0 Å². The van der Waals surface area contributed by atoms with Gasteiger partial charge in [0.25, 0.3) is 5.91 Å². The van der Waals surface area contributed by atoms with Gasteiger partial charge in [0.2, 0.25) is 0 Å². The van der Waals surface area contributed by atoms with E-state index < -0.39 is 0 Å². The number of carbonyl (C=O) groups is 1. The third kappa shape index (κ3) is 3.19. The molecule has 0 saturated carbocycles. The lowest BCUT2D eigenvalue weighted by Gasteiger charge is -2.07. The Balaban J connectivity index is 1.68. The Kier molecular flexibility index (Phi) is 4.41. The highest BCUT2D eigenvalue weighted by Gasteiger charge is 2.23. The molecule has 0 spiro atoms. The number of halogens is 1. The number of hydrogen-bond acceptors (Lipinski definition) is 3. The molecule has 3 aromatic heterocycles. The van der Waals surface area contributed by atoms with Crippen molar-refractivity contribution in [3.63, 3.8) is 0 Å². The molecule has 7 heteroatoms. The maximum absolute atomic E-state index is 13.0. The molecule has 3 heterocycles. The first-order valence-corrected chi connectivity index (χ1v) is 8.93. The van der Waals surface area contributed by atoms with Gasteiger partial charge in [-0.2, -0.15) is 5.10 Å². The van der Waals surface area contributed by atoms with Crippen molar-refractivity contribution >= 4 is 28.5 Å². The third-order valence-corrected chi connectivity index (χ3v) is 4.92. The van der Waals surface area contributed by atoms with E-state index >= 15 is 0 Å². The SMILES string of the molecule is Cc1[nH]c(-c2n[nH]c3ncccc23)c(C(=O)NCc2ccc(Cl)cc2)c1C. The quantitative estimate of drug-likeness (QED) is 0.497. The lowest BCUT2D eigenvalue weighted by molar-refractivity contribution is 0.0951. The molecule has 0 saturated heterocycles. The summed E-state index contributed by atoms with van der Waals surface area (Å²) in [7, 11) is 0.